The van der Waals surface area contributed by atoms with E-state index in [9.17, 15) is 0 Å². The van der Waals surface area contributed by atoms with Gasteiger partial charge >= 0.3 is 0 Å². The van der Waals surface area contributed by atoms with Gasteiger partial charge in [-0.05, 0) is 57.7 Å². The lowest BCUT2D eigenvalue weighted by Gasteiger charge is -2.12. The molecule has 0 spiro atoms. The van der Waals surface area contributed by atoms with Gasteiger partial charge in [-0.2, -0.15) is 0 Å². The van der Waals surface area contributed by atoms with E-state index in [1.165, 1.54) is 30.6 Å². The van der Waals surface area contributed by atoms with Crippen molar-refractivity contribution in [1.82, 2.24) is 9.97 Å². The predicted octanol–water partition coefficient (Wildman–Crippen LogP) is 6.35. The third-order valence-corrected chi connectivity index (χ3v) is 7.07. The quantitative estimate of drug-likeness (QED) is 0.513. The summed E-state index contributed by atoms with van der Waals surface area (Å²) in [5.74, 6) is 1.24. The first-order valence-corrected chi connectivity index (χ1v) is 9.33. The zero-order chi connectivity index (χ0) is 14.3. The summed E-state index contributed by atoms with van der Waals surface area (Å²) in [7, 11) is 0. The number of nitrogens with zero attached hydrogens (tertiary/aromatic N) is 2. The Morgan fingerprint density at radius 2 is 1.95 bits per heavy atom. The Morgan fingerprint density at radius 1 is 1.25 bits per heavy atom. The number of rotatable bonds is 2. The van der Waals surface area contributed by atoms with Gasteiger partial charge in [-0.3, -0.25) is 0 Å². The zero-order valence-electron chi connectivity index (χ0n) is 10.9. The Hall–Kier alpha value is 0.0300. The molecule has 1 aliphatic carbocycles. The SMILES string of the molecule is Cc1sc(-c2nc(Cl)c(Br)c(C3CCCC3)n2)cc1Br. The Kier molecular flexibility index (Phi) is 4.51. The van der Waals surface area contributed by atoms with Gasteiger partial charge in [-0.25, -0.2) is 9.97 Å². The van der Waals surface area contributed by atoms with Crippen LogP contribution in [0.1, 0.15) is 42.2 Å². The number of hydrogen-bond donors (Lipinski definition) is 0. The lowest BCUT2D eigenvalue weighted by molar-refractivity contribution is 0.691. The van der Waals surface area contributed by atoms with Crippen molar-refractivity contribution in [2.75, 3.05) is 0 Å². The molecule has 0 atom stereocenters. The van der Waals surface area contributed by atoms with Crippen molar-refractivity contribution in [2.24, 2.45) is 0 Å². The molecular weight excluding hydrogens is 423 g/mol. The third kappa shape index (κ3) is 2.82. The second-order valence-corrected chi connectivity index (χ2v) is 8.30. The van der Waals surface area contributed by atoms with Gasteiger partial charge in [0.05, 0.1) is 15.0 Å². The van der Waals surface area contributed by atoms with Gasteiger partial charge < -0.3 is 0 Å². The molecule has 0 N–H and O–H groups in total. The van der Waals surface area contributed by atoms with E-state index in [0.29, 0.717) is 11.1 Å². The summed E-state index contributed by atoms with van der Waals surface area (Å²) in [5, 5.41) is 0.513. The lowest BCUT2D eigenvalue weighted by atomic mass is 10.0. The molecule has 3 rings (SSSR count). The first kappa shape index (κ1) is 14.9. The van der Waals surface area contributed by atoms with Crippen LogP contribution in [0.25, 0.3) is 10.7 Å². The van der Waals surface area contributed by atoms with E-state index < -0.39 is 0 Å². The van der Waals surface area contributed by atoms with Crippen LogP contribution in [0.15, 0.2) is 15.0 Å². The zero-order valence-corrected chi connectivity index (χ0v) is 15.7. The van der Waals surface area contributed by atoms with Crippen LogP contribution in [0, 0.1) is 6.92 Å². The molecule has 0 aliphatic heterocycles. The summed E-state index contributed by atoms with van der Waals surface area (Å²) in [6.07, 6.45) is 4.94. The van der Waals surface area contributed by atoms with Crippen molar-refractivity contribution in [1.29, 1.82) is 0 Å². The standard InChI is InChI=1S/C14H13Br2ClN2S/c1-7-9(15)6-10(20-7)14-18-12(8-4-2-3-5-8)11(16)13(17)19-14/h6,8H,2-5H2,1H3. The summed E-state index contributed by atoms with van der Waals surface area (Å²) in [6.45, 7) is 2.08. The van der Waals surface area contributed by atoms with Gasteiger partial charge in [-0.1, -0.05) is 24.4 Å². The molecule has 20 heavy (non-hydrogen) atoms. The highest BCUT2D eigenvalue weighted by Crippen LogP contribution is 2.40. The van der Waals surface area contributed by atoms with Gasteiger partial charge in [0.2, 0.25) is 0 Å². The summed E-state index contributed by atoms with van der Waals surface area (Å²) in [5.41, 5.74) is 1.07. The average Bonchev–Trinajstić information content (AvgIpc) is 3.04. The van der Waals surface area contributed by atoms with Crippen LogP contribution < -0.4 is 0 Å². The van der Waals surface area contributed by atoms with Gasteiger partial charge in [0, 0.05) is 15.3 Å². The number of thiophene rings is 1. The Bertz CT molecular complexity index is 631. The van der Waals surface area contributed by atoms with Crippen LogP contribution in [0.5, 0.6) is 0 Å². The van der Waals surface area contributed by atoms with Crippen LogP contribution in [-0.4, -0.2) is 9.97 Å². The molecule has 1 saturated carbocycles. The molecule has 0 radical (unpaired) electrons. The second-order valence-electron chi connectivity index (χ2n) is 5.03. The minimum atomic E-state index is 0.508. The fourth-order valence-corrected chi connectivity index (χ4v) is 4.73. The molecule has 1 aliphatic rings. The van der Waals surface area contributed by atoms with Crippen molar-refractivity contribution < 1.29 is 0 Å². The normalized spacial score (nSPS) is 16.0. The molecule has 0 bridgehead atoms. The predicted molar refractivity (Wildman–Crippen MR) is 91.7 cm³/mol. The van der Waals surface area contributed by atoms with Gasteiger partial charge in [0.15, 0.2) is 5.82 Å². The first-order valence-electron chi connectivity index (χ1n) is 6.55. The monoisotopic (exact) mass is 434 g/mol. The molecule has 1 fully saturated rings. The van der Waals surface area contributed by atoms with Crippen molar-refractivity contribution in [2.45, 2.75) is 38.5 Å². The maximum atomic E-state index is 6.29. The Balaban J connectivity index is 2.08. The van der Waals surface area contributed by atoms with E-state index in [-0.39, 0.29) is 0 Å². The molecule has 0 amide bonds. The van der Waals surface area contributed by atoms with Crippen molar-refractivity contribution in [3.8, 4) is 10.7 Å². The van der Waals surface area contributed by atoms with Crippen molar-refractivity contribution >= 4 is 54.8 Å². The Morgan fingerprint density at radius 3 is 2.55 bits per heavy atom. The number of aromatic nitrogens is 2. The molecule has 0 saturated heterocycles. The fourth-order valence-electron chi connectivity index (χ4n) is 2.59. The fraction of sp³-hybridized carbons (Fsp3) is 0.429. The third-order valence-electron chi connectivity index (χ3n) is 3.66. The average molecular weight is 437 g/mol. The van der Waals surface area contributed by atoms with Crippen LogP contribution in [0.2, 0.25) is 5.15 Å². The summed E-state index contributed by atoms with van der Waals surface area (Å²) in [4.78, 5) is 11.5. The van der Waals surface area contributed by atoms with E-state index in [0.717, 1.165) is 25.3 Å². The molecule has 2 aromatic rings. The van der Waals surface area contributed by atoms with E-state index >= 15 is 0 Å². The van der Waals surface area contributed by atoms with Crippen LogP contribution in [0.4, 0.5) is 0 Å². The molecule has 2 nitrogen and oxygen atoms in total. The minimum absolute atomic E-state index is 0.508. The summed E-state index contributed by atoms with van der Waals surface area (Å²) >= 11 is 15.1. The molecule has 2 heterocycles. The highest BCUT2D eigenvalue weighted by atomic mass is 79.9. The first-order chi connectivity index (χ1) is 9.56. The van der Waals surface area contributed by atoms with E-state index in [2.05, 4.69) is 49.8 Å². The smallest absolute Gasteiger partial charge is 0.171 e. The summed E-state index contributed by atoms with van der Waals surface area (Å²) in [6, 6.07) is 2.07. The second kappa shape index (κ2) is 6.03. The molecule has 106 valence electrons. The van der Waals surface area contributed by atoms with Crippen LogP contribution in [0.3, 0.4) is 0 Å². The highest BCUT2D eigenvalue weighted by Gasteiger charge is 2.24. The lowest BCUT2D eigenvalue weighted by Crippen LogP contribution is -2.02. The minimum Gasteiger partial charge on any atom is -0.231 e. The van der Waals surface area contributed by atoms with Crippen LogP contribution in [-0.2, 0) is 0 Å². The molecule has 2 aromatic heterocycles. The number of hydrogen-bond acceptors (Lipinski definition) is 3. The van der Waals surface area contributed by atoms with E-state index in [1.54, 1.807) is 11.3 Å². The van der Waals surface area contributed by atoms with E-state index in [1.807, 2.05) is 0 Å². The topological polar surface area (TPSA) is 25.8 Å². The molecular formula is C14H13Br2ClN2S. The van der Waals surface area contributed by atoms with Crippen molar-refractivity contribution in [3.05, 3.63) is 30.7 Å². The van der Waals surface area contributed by atoms with Crippen molar-refractivity contribution in [3.63, 3.8) is 0 Å². The molecule has 0 aromatic carbocycles. The van der Waals surface area contributed by atoms with Crippen LogP contribution >= 0.6 is 54.8 Å². The Labute approximate surface area is 144 Å². The van der Waals surface area contributed by atoms with Gasteiger partial charge in [0.25, 0.3) is 0 Å². The molecule has 6 heteroatoms. The highest BCUT2D eigenvalue weighted by molar-refractivity contribution is 9.11. The number of halogens is 3. The maximum Gasteiger partial charge on any atom is 0.171 e. The van der Waals surface area contributed by atoms with E-state index in [4.69, 9.17) is 16.6 Å². The van der Waals surface area contributed by atoms with Gasteiger partial charge in [-0.15, -0.1) is 11.3 Å². The largest absolute Gasteiger partial charge is 0.231 e. The molecule has 0 unspecified atom stereocenters. The van der Waals surface area contributed by atoms with Gasteiger partial charge in [0.1, 0.15) is 5.15 Å². The number of aryl methyl sites for hydroxylation is 1. The summed E-state index contributed by atoms with van der Waals surface area (Å²) < 4.78 is 1.96. The maximum absolute atomic E-state index is 6.29.